The van der Waals surface area contributed by atoms with Crippen molar-refractivity contribution in [3.63, 3.8) is 0 Å². The van der Waals surface area contributed by atoms with Crippen molar-refractivity contribution in [2.75, 3.05) is 19.7 Å². The second-order valence-corrected chi connectivity index (χ2v) is 12.5. The Balaban J connectivity index is 1.58. The number of amides is 1. The van der Waals surface area contributed by atoms with Gasteiger partial charge in [-0.3, -0.25) is 23.3 Å². The summed E-state index contributed by atoms with van der Waals surface area (Å²) < 4.78 is 16.3. The highest BCUT2D eigenvalue weighted by Crippen LogP contribution is 2.32. The molecule has 2 fully saturated rings. The molecule has 2 aromatic heterocycles. The van der Waals surface area contributed by atoms with Gasteiger partial charge in [-0.25, -0.2) is 9.78 Å². The van der Waals surface area contributed by atoms with Crippen LogP contribution in [0.25, 0.3) is 28.2 Å². The van der Waals surface area contributed by atoms with Crippen LogP contribution in [-0.2, 0) is 27.4 Å². The van der Waals surface area contributed by atoms with Crippen molar-refractivity contribution < 1.29 is 14.3 Å². The van der Waals surface area contributed by atoms with Crippen LogP contribution in [-0.4, -0.2) is 61.1 Å². The van der Waals surface area contributed by atoms with E-state index in [4.69, 9.17) is 37.7 Å². The summed E-state index contributed by atoms with van der Waals surface area (Å²) in [5.74, 6) is -0.236. The van der Waals surface area contributed by atoms with Crippen LogP contribution in [0.1, 0.15) is 33.6 Å². The second kappa shape index (κ2) is 11.6. The molecule has 0 saturated carbocycles. The van der Waals surface area contributed by atoms with Crippen LogP contribution >= 0.6 is 23.2 Å². The van der Waals surface area contributed by atoms with Crippen molar-refractivity contribution >= 4 is 40.3 Å². The maximum absolute atomic E-state index is 14.3. The summed E-state index contributed by atoms with van der Waals surface area (Å²) in [5, 5.41) is 0.997. The molecule has 0 N–H and O–H groups in total. The molecule has 2 aromatic carbocycles. The van der Waals surface area contributed by atoms with E-state index in [0.717, 1.165) is 12.8 Å². The third-order valence-electron chi connectivity index (χ3n) is 8.18. The number of ether oxygens (including phenoxy) is 2. The fourth-order valence-corrected chi connectivity index (χ4v) is 6.32. The first-order chi connectivity index (χ1) is 20.5. The van der Waals surface area contributed by atoms with Crippen LogP contribution in [0.4, 0.5) is 0 Å². The number of benzene rings is 2. The van der Waals surface area contributed by atoms with Crippen molar-refractivity contribution in [2.45, 2.75) is 58.6 Å². The number of piperidine rings is 1. The fourth-order valence-electron chi connectivity index (χ4n) is 5.98. The standard InChI is InChI=1S/C31H33Cl2N5O5/c1-19(39)35-14-12-20(13-15-35)16-36-28-26(29(40)37(30(36)41)17-23-18-42-31(2,3)43-23)38(22-10-8-21(32)9-11-22)27(34-28)24-6-4-5-7-25(24)33/h4-11,20,23H,12-18H2,1-3H3. The zero-order valence-corrected chi connectivity index (χ0v) is 25.8. The van der Waals surface area contributed by atoms with E-state index in [-0.39, 0.29) is 36.1 Å². The average Bonchev–Trinajstić information content (AvgIpc) is 3.54. The predicted octanol–water partition coefficient (Wildman–Crippen LogP) is 4.73. The van der Waals surface area contributed by atoms with E-state index < -0.39 is 23.1 Å². The van der Waals surface area contributed by atoms with Crippen LogP contribution in [0.2, 0.25) is 10.0 Å². The molecule has 4 heterocycles. The quantitative estimate of drug-likeness (QED) is 0.307. The van der Waals surface area contributed by atoms with E-state index >= 15 is 0 Å². The van der Waals surface area contributed by atoms with Gasteiger partial charge in [0.05, 0.1) is 18.2 Å². The molecule has 2 aliphatic rings. The largest absolute Gasteiger partial charge is 0.348 e. The molecular formula is C31H33Cl2N5O5. The van der Waals surface area contributed by atoms with E-state index in [9.17, 15) is 14.4 Å². The van der Waals surface area contributed by atoms with Crippen LogP contribution in [0.15, 0.2) is 58.1 Å². The normalized spacial score (nSPS) is 18.9. The maximum atomic E-state index is 14.3. The third kappa shape index (κ3) is 5.76. The first-order valence-electron chi connectivity index (χ1n) is 14.4. The Labute approximate surface area is 258 Å². The lowest BCUT2D eigenvalue weighted by atomic mass is 9.96. The van der Waals surface area contributed by atoms with Crippen molar-refractivity contribution in [3.8, 4) is 17.1 Å². The van der Waals surface area contributed by atoms with Gasteiger partial charge in [-0.15, -0.1) is 0 Å². The minimum Gasteiger partial charge on any atom is -0.348 e. The molecule has 0 radical (unpaired) electrons. The van der Waals surface area contributed by atoms with E-state index in [2.05, 4.69) is 0 Å². The molecule has 43 heavy (non-hydrogen) atoms. The number of carbonyl (C=O) groups is 1. The molecule has 0 bridgehead atoms. The summed E-state index contributed by atoms with van der Waals surface area (Å²) in [5.41, 5.74) is 0.824. The van der Waals surface area contributed by atoms with Gasteiger partial charge in [0.25, 0.3) is 5.56 Å². The SMILES string of the molecule is CC(=O)N1CCC(Cn2c(=O)n(CC3COC(C)(C)O3)c(=O)c3c2nc(-c2ccccc2Cl)n3-c2ccc(Cl)cc2)CC1. The summed E-state index contributed by atoms with van der Waals surface area (Å²) in [6.07, 6.45) is 0.978. The summed E-state index contributed by atoms with van der Waals surface area (Å²) in [4.78, 5) is 47.2. The number of rotatable bonds is 6. The number of hydrogen-bond acceptors (Lipinski definition) is 6. The van der Waals surface area contributed by atoms with Crippen molar-refractivity contribution in [1.29, 1.82) is 0 Å². The monoisotopic (exact) mass is 625 g/mol. The van der Waals surface area contributed by atoms with Gasteiger partial charge in [0.1, 0.15) is 11.9 Å². The zero-order chi connectivity index (χ0) is 30.5. The number of nitrogens with zero attached hydrogens (tertiary/aromatic N) is 5. The predicted molar refractivity (Wildman–Crippen MR) is 165 cm³/mol. The topological polar surface area (TPSA) is 101 Å². The molecule has 1 unspecified atom stereocenters. The van der Waals surface area contributed by atoms with Gasteiger partial charge >= 0.3 is 5.69 Å². The Hall–Kier alpha value is -3.44. The Kier molecular flexibility index (Phi) is 7.97. The Morgan fingerprint density at radius 2 is 1.70 bits per heavy atom. The molecule has 226 valence electrons. The second-order valence-electron chi connectivity index (χ2n) is 11.6. The molecule has 1 amide bonds. The molecule has 2 saturated heterocycles. The Morgan fingerprint density at radius 1 is 1.00 bits per heavy atom. The van der Waals surface area contributed by atoms with Crippen molar-refractivity contribution in [3.05, 3.63) is 79.4 Å². The smallest absolute Gasteiger partial charge is 0.332 e. The first kappa shape index (κ1) is 29.6. The van der Waals surface area contributed by atoms with E-state index in [0.29, 0.717) is 46.8 Å². The lowest BCUT2D eigenvalue weighted by Crippen LogP contribution is -2.45. The highest BCUT2D eigenvalue weighted by Gasteiger charge is 2.34. The fraction of sp³-hybridized carbons (Fsp3) is 0.419. The molecule has 0 aliphatic carbocycles. The summed E-state index contributed by atoms with van der Waals surface area (Å²) in [7, 11) is 0. The number of imidazole rings is 1. The molecular weight excluding hydrogens is 593 g/mol. The van der Waals surface area contributed by atoms with Crippen LogP contribution in [0.5, 0.6) is 0 Å². The average molecular weight is 627 g/mol. The lowest BCUT2D eigenvalue weighted by Gasteiger charge is -2.31. The Morgan fingerprint density at radius 3 is 2.33 bits per heavy atom. The molecule has 6 rings (SSSR count). The molecule has 2 aliphatic heterocycles. The molecule has 1 atom stereocenters. The number of hydrogen-bond donors (Lipinski definition) is 0. The van der Waals surface area contributed by atoms with Gasteiger partial charge in [0, 0.05) is 42.8 Å². The number of halogens is 2. The van der Waals surface area contributed by atoms with E-state index in [1.54, 1.807) is 60.2 Å². The first-order valence-corrected chi connectivity index (χ1v) is 15.1. The molecule has 4 aromatic rings. The van der Waals surface area contributed by atoms with Crippen LogP contribution < -0.4 is 11.2 Å². The highest BCUT2D eigenvalue weighted by atomic mass is 35.5. The number of carbonyl (C=O) groups excluding carboxylic acids is 1. The van der Waals surface area contributed by atoms with Gasteiger partial charge in [-0.05, 0) is 69.0 Å². The summed E-state index contributed by atoms with van der Waals surface area (Å²) in [6, 6.07) is 14.3. The highest BCUT2D eigenvalue weighted by molar-refractivity contribution is 6.33. The van der Waals surface area contributed by atoms with Crippen molar-refractivity contribution in [2.24, 2.45) is 5.92 Å². The van der Waals surface area contributed by atoms with Gasteiger partial charge in [0.2, 0.25) is 5.91 Å². The van der Waals surface area contributed by atoms with E-state index in [1.165, 1.54) is 4.57 Å². The van der Waals surface area contributed by atoms with Gasteiger partial charge in [-0.2, -0.15) is 0 Å². The van der Waals surface area contributed by atoms with Crippen LogP contribution in [0, 0.1) is 5.92 Å². The molecule has 0 spiro atoms. The van der Waals surface area contributed by atoms with E-state index in [1.807, 2.05) is 23.1 Å². The van der Waals surface area contributed by atoms with Gasteiger partial charge < -0.3 is 14.4 Å². The summed E-state index contributed by atoms with van der Waals surface area (Å²) >= 11 is 12.9. The zero-order valence-electron chi connectivity index (χ0n) is 24.3. The lowest BCUT2D eigenvalue weighted by molar-refractivity contribution is -0.139. The van der Waals surface area contributed by atoms with Crippen molar-refractivity contribution in [1.82, 2.24) is 23.6 Å². The van der Waals surface area contributed by atoms with Gasteiger partial charge in [-0.1, -0.05) is 35.3 Å². The summed E-state index contributed by atoms with van der Waals surface area (Å²) in [6.45, 7) is 7.02. The molecule has 10 nitrogen and oxygen atoms in total. The van der Waals surface area contributed by atoms with Crippen LogP contribution in [0.3, 0.4) is 0 Å². The molecule has 12 heteroatoms. The number of aromatic nitrogens is 4. The Bertz CT molecular complexity index is 1800. The van der Waals surface area contributed by atoms with Gasteiger partial charge in [0.15, 0.2) is 17.0 Å². The minimum absolute atomic E-state index is 0.0209. The minimum atomic E-state index is -0.815. The third-order valence-corrected chi connectivity index (χ3v) is 8.76. The maximum Gasteiger partial charge on any atom is 0.332 e. The number of fused-ring (bicyclic) bond motifs is 1. The number of likely N-dealkylation sites (tertiary alicyclic amines) is 1.